The van der Waals surface area contributed by atoms with Crippen molar-refractivity contribution in [3.05, 3.63) is 29.0 Å². The second-order valence-corrected chi connectivity index (χ2v) is 5.32. The zero-order valence-corrected chi connectivity index (χ0v) is 13.8. The number of carbonyl (C=O) groups excluding carboxylic acids is 2. The first-order chi connectivity index (χ1) is 10.4. The van der Waals surface area contributed by atoms with Crippen molar-refractivity contribution in [2.45, 2.75) is 13.8 Å². The second kappa shape index (κ2) is 8.70. The van der Waals surface area contributed by atoms with E-state index in [4.69, 9.17) is 11.6 Å². The van der Waals surface area contributed by atoms with Crippen LogP contribution in [0.2, 0.25) is 5.02 Å². The van der Waals surface area contributed by atoms with Crippen LogP contribution in [0.1, 0.15) is 13.8 Å². The van der Waals surface area contributed by atoms with E-state index in [1.165, 1.54) is 18.2 Å². The van der Waals surface area contributed by atoms with Crippen LogP contribution in [0.25, 0.3) is 0 Å². The standard InChI is InChI=1S/C15H21ClFN3O2/c1-4-20(5-2)15(22)10-19(3)9-14(21)18-11-6-7-13(17)12(16)8-11/h6-8H,4-5,9-10H2,1-3H3,(H,18,21). The summed E-state index contributed by atoms with van der Waals surface area (Å²) >= 11 is 5.65. The van der Waals surface area contributed by atoms with Gasteiger partial charge in [0, 0.05) is 18.8 Å². The summed E-state index contributed by atoms with van der Waals surface area (Å²) in [7, 11) is 1.69. The van der Waals surface area contributed by atoms with Gasteiger partial charge in [-0.3, -0.25) is 14.5 Å². The number of carbonyl (C=O) groups is 2. The molecule has 0 saturated carbocycles. The van der Waals surface area contributed by atoms with Crippen molar-refractivity contribution in [3.63, 3.8) is 0 Å². The maximum atomic E-state index is 13.0. The molecular weight excluding hydrogens is 309 g/mol. The molecule has 5 nitrogen and oxygen atoms in total. The van der Waals surface area contributed by atoms with Crippen molar-refractivity contribution in [2.75, 3.05) is 38.5 Å². The highest BCUT2D eigenvalue weighted by Gasteiger charge is 2.14. The number of anilines is 1. The topological polar surface area (TPSA) is 52.7 Å². The third-order valence-corrected chi connectivity index (χ3v) is 3.43. The predicted molar refractivity (Wildman–Crippen MR) is 85.5 cm³/mol. The molecule has 2 amide bonds. The molecule has 0 saturated heterocycles. The van der Waals surface area contributed by atoms with Crippen LogP contribution in [0.4, 0.5) is 10.1 Å². The summed E-state index contributed by atoms with van der Waals surface area (Å²) in [5.41, 5.74) is 0.417. The Kier molecular flexibility index (Phi) is 7.27. The van der Waals surface area contributed by atoms with E-state index in [2.05, 4.69) is 5.32 Å². The minimum absolute atomic E-state index is 0.0230. The molecule has 0 fully saturated rings. The van der Waals surface area contributed by atoms with E-state index in [1.807, 2.05) is 13.8 Å². The smallest absolute Gasteiger partial charge is 0.238 e. The number of halogens is 2. The predicted octanol–water partition coefficient (Wildman–Crippen LogP) is 2.22. The molecule has 1 aromatic rings. The van der Waals surface area contributed by atoms with E-state index in [9.17, 15) is 14.0 Å². The summed E-state index contributed by atoms with van der Waals surface area (Å²) in [6.07, 6.45) is 0. The monoisotopic (exact) mass is 329 g/mol. The normalized spacial score (nSPS) is 10.6. The fourth-order valence-electron chi connectivity index (χ4n) is 1.98. The lowest BCUT2D eigenvalue weighted by atomic mass is 10.3. The van der Waals surface area contributed by atoms with Crippen molar-refractivity contribution in [2.24, 2.45) is 0 Å². The number of nitrogens with zero attached hydrogens (tertiary/aromatic N) is 2. The molecule has 0 bridgehead atoms. The summed E-state index contributed by atoms with van der Waals surface area (Å²) in [6, 6.07) is 3.96. The minimum atomic E-state index is -0.540. The van der Waals surface area contributed by atoms with Gasteiger partial charge in [-0.15, -0.1) is 0 Å². The Morgan fingerprint density at radius 1 is 1.23 bits per heavy atom. The minimum Gasteiger partial charge on any atom is -0.342 e. The van der Waals surface area contributed by atoms with Gasteiger partial charge in [0.25, 0.3) is 0 Å². The van der Waals surface area contributed by atoms with Crippen LogP contribution in [0, 0.1) is 5.82 Å². The number of hydrogen-bond donors (Lipinski definition) is 1. The Balaban J connectivity index is 2.50. The Morgan fingerprint density at radius 3 is 2.41 bits per heavy atom. The molecule has 0 aliphatic carbocycles. The summed E-state index contributed by atoms with van der Waals surface area (Å²) in [5, 5.41) is 2.56. The first-order valence-corrected chi connectivity index (χ1v) is 7.46. The van der Waals surface area contributed by atoms with Crippen molar-refractivity contribution < 1.29 is 14.0 Å². The Labute approximate surface area is 135 Å². The highest BCUT2D eigenvalue weighted by molar-refractivity contribution is 6.31. The number of rotatable bonds is 7. The van der Waals surface area contributed by atoms with Crippen LogP contribution < -0.4 is 5.32 Å². The van der Waals surface area contributed by atoms with Gasteiger partial charge in [0.05, 0.1) is 18.1 Å². The van der Waals surface area contributed by atoms with Gasteiger partial charge >= 0.3 is 0 Å². The molecule has 1 aromatic carbocycles. The third kappa shape index (κ3) is 5.61. The van der Waals surface area contributed by atoms with Crippen molar-refractivity contribution >= 4 is 29.1 Å². The van der Waals surface area contributed by atoms with Crippen LogP contribution in [0.5, 0.6) is 0 Å². The third-order valence-electron chi connectivity index (χ3n) is 3.14. The Bertz CT molecular complexity index is 536. The van der Waals surface area contributed by atoms with Gasteiger partial charge in [-0.1, -0.05) is 11.6 Å². The molecule has 0 radical (unpaired) electrons. The molecule has 0 aromatic heterocycles. The van der Waals surface area contributed by atoms with Gasteiger partial charge in [0.15, 0.2) is 0 Å². The van der Waals surface area contributed by atoms with E-state index in [1.54, 1.807) is 16.8 Å². The molecule has 0 aliphatic heterocycles. The molecule has 1 rings (SSSR count). The van der Waals surface area contributed by atoms with Gasteiger partial charge in [0.1, 0.15) is 5.82 Å². The molecule has 1 N–H and O–H groups in total. The van der Waals surface area contributed by atoms with Crippen molar-refractivity contribution in [1.29, 1.82) is 0 Å². The lowest BCUT2D eigenvalue weighted by molar-refractivity contribution is -0.132. The molecule has 7 heteroatoms. The van der Waals surface area contributed by atoms with E-state index in [-0.39, 0.29) is 29.9 Å². The van der Waals surface area contributed by atoms with Crippen LogP contribution >= 0.6 is 11.6 Å². The number of benzene rings is 1. The lowest BCUT2D eigenvalue weighted by Crippen LogP contribution is -2.41. The van der Waals surface area contributed by atoms with Crippen LogP contribution in [-0.4, -0.2) is 54.8 Å². The van der Waals surface area contributed by atoms with E-state index >= 15 is 0 Å². The van der Waals surface area contributed by atoms with Crippen LogP contribution in [0.15, 0.2) is 18.2 Å². The number of nitrogens with one attached hydrogen (secondary N) is 1. The summed E-state index contributed by atoms with van der Waals surface area (Å²) < 4.78 is 13.0. The largest absolute Gasteiger partial charge is 0.342 e. The quantitative estimate of drug-likeness (QED) is 0.834. The van der Waals surface area contributed by atoms with Gasteiger partial charge in [-0.05, 0) is 39.1 Å². The highest BCUT2D eigenvalue weighted by Crippen LogP contribution is 2.19. The van der Waals surface area contributed by atoms with Gasteiger partial charge in [-0.25, -0.2) is 4.39 Å². The summed E-state index contributed by atoms with van der Waals surface area (Å²) in [4.78, 5) is 27.2. The molecule has 22 heavy (non-hydrogen) atoms. The fourth-order valence-corrected chi connectivity index (χ4v) is 2.16. The van der Waals surface area contributed by atoms with Crippen molar-refractivity contribution in [1.82, 2.24) is 9.80 Å². The lowest BCUT2D eigenvalue weighted by Gasteiger charge is -2.22. The van der Waals surface area contributed by atoms with E-state index < -0.39 is 5.82 Å². The van der Waals surface area contributed by atoms with Gasteiger partial charge in [-0.2, -0.15) is 0 Å². The summed E-state index contributed by atoms with van der Waals surface area (Å²) in [6.45, 7) is 5.33. The maximum absolute atomic E-state index is 13.0. The van der Waals surface area contributed by atoms with Crippen LogP contribution in [0.3, 0.4) is 0 Å². The molecule has 122 valence electrons. The molecule has 0 aliphatic rings. The Morgan fingerprint density at radius 2 is 1.86 bits per heavy atom. The van der Waals surface area contributed by atoms with E-state index in [0.29, 0.717) is 18.8 Å². The SMILES string of the molecule is CCN(CC)C(=O)CN(C)CC(=O)Nc1ccc(F)c(Cl)c1. The average molecular weight is 330 g/mol. The summed E-state index contributed by atoms with van der Waals surface area (Å²) in [5.74, 6) is -0.857. The molecule has 0 unspecified atom stereocenters. The zero-order valence-electron chi connectivity index (χ0n) is 13.0. The maximum Gasteiger partial charge on any atom is 0.238 e. The first kappa shape index (κ1) is 18.4. The van der Waals surface area contributed by atoms with E-state index in [0.717, 1.165) is 0 Å². The van der Waals surface area contributed by atoms with Gasteiger partial charge < -0.3 is 10.2 Å². The molecule has 0 heterocycles. The highest BCUT2D eigenvalue weighted by atomic mass is 35.5. The zero-order chi connectivity index (χ0) is 16.7. The Hall–Kier alpha value is -1.66. The molecule has 0 atom stereocenters. The first-order valence-electron chi connectivity index (χ1n) is 7.08. The number of likely N-dealkylation sites (N-methyl/N-ethyl adjacent to an activating group) is 2. The number of amides is 2. The fraction of sp³-hybridized carbons (Fsp3) is 0.467. The molecular formula is C15H21ClFN3O2. The number of hydrogen-bond acceptors (Lipinski definition) is 3. The van der Waals surface area contributed by atoms with Crippen molar-refractivity contribution in [3.8, 4) is 0 Å². The average Bonchev–Trinajstić information content (AvgIpc) is 2.43. The van der Waals surface area contributed by atoms with Gasteiger partial charge in [0.2, 0.25) is 11.8 Å². The molecule has 0 spiro atoms. The second-order valence-electron chi connectivity index (χ2n) is 4.92. The van der Waals surface area contributed by atoms with Crippen LogP contribution in [-0.2, 0) is 9.59 Å².